The molecule has 16 heavy (non-hydrogen) atoms. The maximum Gasteiger partial charge on any atom is 0.226 e. The second-order valence-electron chi connectivity index (χ2n) is 3.89. The van der Waals surface area contributed by atoms with Crippen LogP contribution >= 0.6 is 11.6 Å². The smallest absolute Gasteiger partial charge is 0.226 e. The average molecular weight is 247 g/mol. The van der Waals surface area contributed by atoms with Crippen LogP contribution in [0.15, 0.2) is 4.52 Å². The van der Waals surface area contributed by atoms with Crippen molar-refractivity contribution in [3.8, 4) is 0 Å². The van der Waals surface area contributed by atoms with Crippen LogP contribution < -0.4 is 0 Å². The van der Waals surface area contributed by atoms with E-state index in [1.54, 1.807) is 7.11 Å². The van der Waals surface area contributed by atoms with Gasteiger partial charge < -0.3 is 9.26 Å². The molecule has 1 heterocycles. The summed E-state index contributed by atoms with van der Waals surface area (Å²) in [4.78, 5) is 4.27. The van der Waals surface area contributed by atoms with Gasteiger partial charge in [0.15, 0.2) is 5.82 Å². The lowest BCUT2D eigenvalue weighted by molar-refractivity contribution is 0.109. The molecule has 0 bridgehead atoms. The lowest BCUT2D eigenvalue weighted by Crippen LogP contribution is -2.06. The van der Waals surface area contributed by atoms with E-state index < -0.39 is 0 Å². The summed E-state index contributed by atoms with van der Waals surface area (Å²) in [5.41, 5.74) is 0. The highest BCUT2D eigenvalue weighted by molar-refractivity contribution is 6.20. The number of methoxy groups -OCH3 is 1. The van der Waals surface area contributed by atoms with Crippen molar-refractivity contribution in [2.45, 2.75) is 51.0 Å². The van der Waals surface area contributed by atoms with Crippen LogP contribution in [0.25, 0.3) is 0 Å². The molecule has 0 aliphatic rings. The second-order valence-corrected chi connectivity index (χ2v) is 4.41. The third kappa shape index (κ3) is 4.10. The van der Waals surface area contributed by atoms with E-state index in [0.717, 1.165) is 25.7 Å². The predicted octanol–water partition coefficient (Wildman–Crippen LogP) is 3.12. The number of halogens is 1. The third-order valence-corrected chi connectivity index (χ3v) is 2.89. The van der Waals surface area contributed by atoms with Crippen molar-refractivity contribution < 1.29 is 9.26 Å². The van der Waals surface area contributed by atoms with Gasteiger partial charge in [0.2, 0.25) is 5.89 Å². The fraction of sp³-hybridized carbons (Fsp3) is 0.818. The van der Waals surface area contributed by atoms with Crippen molar-refractivity contribution in [2.75, 3.05) is 7.11 Å². The van der Waals surface area contributed by atoms with Crippen LogP contribution in [0.4, 0.5) is 0 Å². The van der Waals surface area contributed by atoms with E-state index in [1.165, 1.54) is 0 Å². The van der Waals surface area contributed by atoms with Crippen LogP contribution in [0, 0.1) is 0 Å². The van der Waals surface area contributed by atoms with Crippen molar-refractivity contribution in [1.29, 1.82) is 0 Å². The van der Waals surface area contributed by atoms with E-state index in [0.29, 0.717) is 11.7 Å². The normalized spacial score (nSPS) is 15.0. The Morgan fingerprint density at radius 1 is 1.44 bits per heavy atom. The molecule has 2 atom stereocenters. The van der Waals surface area contributed by atoms with Gasteiger partial charge in [0.1, 0.15) is 0 Å². The van der Waals surface area contributed by atoms with Gasteiger partial charge in [-0.15, -0.1) is 11.6 Å². The lowest BCUT2D eigenvalue weighted by Gasteiger charge is -2.05. The molecule has 4 nitrogen and oxygen atoms in total. The molecule has 1 aromatic rings. The first-order valence-electron chi connectivity index (χ1n) is 5.66. The van der Waals surface area contributed by atoms with E-state index in [2.05, 4.69) is 17.1 Å². The minimum Gasteiger partial charge on any atom is -0.382 e. The first-order chi connectivity index (χ1) is 7.67. The van der Waals surface area contributed by atoms with Crippen LogP contribution in [0.1, 0.15) is 50.2 Å². The Hall–Kier alpha value is -0.610. The highest BCUT2D eigenvalue weighted by atomic mass is 35.5. The Bertz CT molecular complexity index is 304. The standard InChI is InChI=1S/C11H19ClN2O2/c1-4-5-9(12)11-13-10(16-14-11)7-6-8(2)15-3/h8-9H,4-7H2,1-3H3. The Morgan fingerprint density at radius 3 is 2.81 bits per heavy atom. The monoisotopic (exact) mass is 246 g/mol. The molecule has 92 valence electrons. The number of alkyl halides is 1. The molecule has 0 spiro atoms. The number of aromatic nitrogens is 2. The van der Waals surface area contributed by atoms with Gasteiger partial charge in [-0.25, -0.2) is 0 Å². The van der Waals surface area contributed by atoms with Crippen molar-refractivity contribution in [3.63, 3.8) is 0 Å². The molecule has 1 aromatic heterocycles. The molecule has 0 aliphatic heterocycles. The van der Waals surface area contributed by atoms with Crippen LogP contribution in [0.3, 0.4) is 0 Å². The van der Waals surface area contributed by atoms with Crippen molar-refractivity contribution in [3.05, 3.63) is 11.7 Å². The molecule has 0 aromatic carbocycles. The van der Waals surface area contributed by atoms with Gasteiger partial charge in [0, 0.05) is 13.5 Å². The van der Waals surface area contributed by atoms with Gasteiger partial charge in [0.25, 0.3) is 0 Å². The minimum absolute atomic E-state index is 0.137. The zero-order valence-electron chi connectivity index (χ0n) is 10.1. The molecular weight excluding hydrogens is 228 g/mol. The summed E-state index contributed by atoms with van der Waals surface area (Å²) in [6.07, 6.45) is 3.70. The van der Waals surface area contributed by atoms with Crippen molar-refractivity contribution in [1.82, 2.24) is 10.1 Å². The van der Waals surface area contributed by atoms with Gasteiger partial charge in [-0.2, -0.15) is 4.98 Å². The first kappa shape index (κ1) is 13.5. The maximum absolute atomic E-state index is 6.10. The molecule has 0 saturated carbocycles. The predicted molar refractivity (Wildman–Crippen MR) is 62.6 cm³/mol. The SMILES string of the molecule is CCCC(Cl)c1noc(CCC(C)OC)n1. The third-order valence-electron chi connectivity index (χ3n) is 2.47. The maximum atomic E-state index is 6.10. The highest BCUT2D eigenvalue weighted by Crippen LogP contribution is 2.22. The number of nitrogens with zero attached hydrogens (tertiary/aromatic N) is 2. The number of hydrogen-bond donors (Lipinski definition) is 0. The Labute approximate surface area is 101 Å². The lowest BCUT2D eigenvalue weighted by atomic mass is 10.2. The fourth-order valence-corrected chi connectivity index (χ4v) is 1.63. The van der Waals surface area contributed by atoms with Gasteiger partial charge in [-0.3, -0.25) is 0 Å². The zero-order chi connectivity index (χ0) is 12.0. The molecule has 2 unspecified atom stereocenters. The Morgan fingerprint density at radius 2 is 2.19 bits per heavy atom. The number of aryl methyl sites for hydroxylation is 1. The van der Waals surface area contributed by atoms with Crippen LogP contribution in [-0.4, -0.2) is 23.4 Å². The summed E-state index contributed by atoms with van der Waals surface area (Å²) >= 11 is 6.10. The molecular formula is C11H19ClN2O2. The highest BCUT2D eigenvalue weighted by Gasteiger charge is 2.15. The Balaban J connectivity index is 2.45. The van der Waals surface area contributed by atoms with E-state index in [-0.39, 0.29) is 11.5 Å². The van der Waals surface area contributed by atoms with Crippen LogP contribution in [-0.2, 0) is 11.2 Å². The molecule has 0 aliphatic carbocycles. The van der Waals surface area contributed by atoms with Crippen LogP contribution in [0.5, 0.6) is 0 Å². The van der Waals surface area contributed by atoms with Crippen molar-refractivity contribution in [2.24, 2.45) is 0 Å². The molecule has 0 N–H and O–H groups in total. The minimum atomic E-state index is -0.137. The van der Waals surface area contributed by atoms with Gasteiger partial charge in [0.05, 0.1) is 11.5 Å². The fourth-order valence-electron chi connectivity index (χ4n) is 1.32. The van der Waals surface area contributed by atoms with E-state index in [9.17, 15) is 0 Å². The zero-order valence-corrected chi connectivity index (χ0v) is 10.8. The topological polar surface area (TPSA) is 48.2 Å². The van der Waals surface area contributed by atoms with E-state index in [4.69, 9.17) is 20.9 Å². The summed E-state index contributed by atoms with van der Waals surface area (Å²) < 4.78 is 10.3. The Kier molecular flexibility index (Phi) is 5.77. The van der Waals surface area contributed by atoms with Crippen molar-refractivity contribution >= 4 is 11.6 Å². The summed E-state index contributed by atoms with van der Waals surface area (Å²) in [5, 5.41) is 3.74. The summed E-state index contributed by atoms with van der Waals surface area (Å²) in [6.45, 7) is 4.09. The second kappa shape index (κ2) is 6.86. The molecule has 1 rings (SSSR count). The van der Waals surface area contributed by atoms with E-state index >= 15 is 0 Å². The number of rotatable bonds is 7. The molecule has 0 fully saturated rings. The quantitative estimate of drug-likeness (QED) is 0.694. The largest absolute Gasteiger partial charge is 0.382 e. The molecule has 5 heteroatoms. The first-order valence-corrected chi connectivity index (χ1v) is 6.10. The average Bonchev–Trinajstić information content (AvgIpc) is 2.75. The molecule has 0 radical (unpaired) electrons. The number of hydrogen-bond acceptors (Lipinski definition) is 4. The number of ether oxygens (including phenoxy) is 1. The van der Waals surface area contributed by atoms with Gasteiger partial charge >= 0.3 is 0 Å². The van der Waals surface area contributed by atoms with Gasteiger partial charge in [-0.05, 0) is 19.8 Å². The van der Waals surface area contributed by atoms with E-state index in [1.807, 2.05) is 6.92 Å². The van der Waals surface area contributed by atoms with Gasteiger partial charge in [-0.1, -0.05) is 18.5 Å². The summed E-state index contributed by atoms with van der Waals surface area (Å²) in [5.74, 6) is 1.24. The summed E-state index contributed by atoms with van der Waals surface area (Å²) in [6, 6.07) is 0. The molecule has 0 saturated heterocycles. The van der Waals surface area contributed by atoms with Crippen LogP contribution in [0.2, 0.25) is 0 Å². The molecule has 0 amide bonds. The summed E-state index contributed by atoms with van der Waals surface area (Å²) in [7, 11) is 1.69.